The number of hydrogen-bond acceptors (Lipinski definition) is 6. The molecular formula is C23H19ClN4O5. The van der Waals surface area contributed by atoms with Crippen LogP contribution in [-0.2, 0) is 19.9 Å². The molecule has 0 aliphatic carbocycles. The normalized spacial score (nSPS) is 30.1. The number of anilines is 2. The standard InChI is InChI=1S/C23H19ClN4O5/c1-11-4-6-13(10-17(11)28(32)33)27-20(29)18-16-3-2-8-26(16)23(19(18)21(27)30)14-9-12(24)5-7-15(14)25-22(23)31/h4-7,9-10,16,18-19H,2-3,8H2,1H3,(H,25,31)/t16-,18+,19+,23+/m1/s1. The lowest BCUT2D eigenvalue weighted by atomic mass is 9.75. The van der Waals surface area contributed by atoms with Gasteiger partial charge in [0.1, 0.15) is 5.54 Å². The lowest BCUT2D eigenvalue weighted by molar-refractivity contribution is -0.385. The maximum atomic E-state index is 13.9. The Kier molecular flexibility index (Phi) is 4.07. The fourth-order valence-corrected chi connectivity index (χ4v) is 6.54. The number of nitrogens with zero attached hydrogens (tertiary/aromatic N) is 3. The number of hydrogen-bond donors (Lipinski definition) is 1. The summed E-state index contributed by atoms with van der Waals surface area (Å²) in [6.07, 6.45) is 1.49. The first kappa shape index (κ1) is 20.3. The van der Waals surface area contributed by atoms with E-state index >= 15 is 0 Å². The van der Waals surface area contributed by atoms with Gasteiger partial charge in [0.25, 0.3) is 5.69 Å². The summed E-state index contributed by atoms with van der Waals surface area (Å²) in [5.74, 6) is -2.91. The third-order valence-electron chi connectivity index (χ3n) is 7.60. The van der Waals surface area contributed by atoms with Crippen LogP contribution in [0.3, 0.4) is 0 Å². The van der Waals surface area contributed by atoms with Crippen molar-refractivity contribution in [3.8, 4) is 0 Å². The first-order valence-corrected chi connectivity index (χ1v) is 11.2. The number of fused-ring (bicyclic) bond motifs is 7. The van der Waals surface area contributed by atoms with Gasteiger partial charge in [0.2, 0.25) is 17.7 Å². The molecule has 0 bridgehead atoms. The SMILES string of the molecule is Cc1ccc(N2C(=O)[C@H]3[C@H]4CCCN4[C@]4(C(=O)Nc5ccc(Cl)cc54)[C@@H]3C2=O)cc1[N+](=O)[O-]. The summed E-state index contributed by atoms with van der Waals surface area (Å²) in [6, 6.07) is 9.13. The molecule has 2 aromatic carbocycles. The van der Waals surface area contributed by atoms with Gasteiger partial charge in [-0.25, -0.2) is 4.90 Å². The Morgan fingerprint density at radius 1 is 1.15 bits per heavy atom. The van der Waals surface area contributed by atoms with Crippen molar-refractivity contribution in [3.05, 3.63) is 62.7 Å². The number of nitro groups is 1. The van der Waals surface area contributed by atoms with E-state index in [1.54, 1.807) is 25.1 Å². The second-order valence-corrected chi connectivity index (χ2v) is 9.49. The van der Waals surface area contributed by atoms with Gasteiger partial charge in [-0.2, -0.15) is 0 Å². The van der Waals surface area contributed by atoms with Gasteiger partial charge in [-0.1, -0.05) is 17.7 Å². The molecule has 3 fully saturated rings. The Balaban J connectivity index is 1.54. The zero-order valence-electron chi connectivity index (χ0n) is 17.6. The van der Waals surface area contributed by atoms with Crippen molar-refractivity contribution in [2.24, 2.45) is 11.8 Å². The lowest BCUT2D eigenvalue weighted by Gasteiger charge is -2.36. The molecule has 4 aliphatic heterocycles. The highest BCUT2D eigenvalue weighted by Gasteiger charge is 2.74. The van der Waals surface area contributed by atoms with E-state index in [1.165, 1.54) is 18.2 Å². The van der Waals surface area contributed by atoms with Gasteiger partial charge in [0.15, 0.2) is 0 Å². The van der Waals surface area contributed by atoms with Crippen LogP contribution in [0, 0.1) is 28.9 Å². The average molecular weight is 467 g/mol. The Bertz CT molecular complexity index is 1300. The smallest absolute Gasteiger partial charge is 0.274 e. The van der Waals surface area contributed by atoms with Crippen LogP contribution in [0.1, 0.15) is 24.0 Å². The number of aryl methyl sites for hydroxylation is 1. The van der Waals surface area contributed by atoms with Gasteiger partial charge < -0.3 is 5.32 Å². The molecule has 0 unspecified atom stereocenters. The van der Waals surface area contributed by atoms with Crippen LogP contribution in [0.15, 0.2) is 36.4 Å². The molecule has 3 amide bonds. The van der Waals surface area contributed by atoms with Gasteiger partial charge in [0, 0.05) is 33.9 Å². The molecule has 10 heteroatoms. The highest BCUT2D eigenvalue weighted by molar-refractivity contribution is 6.31. The summed E-state index contributed by atoms with van der Waals surface area (Å²) in [4.78, 5) is 55.1. The van der Waals surface area contributed by atoms with Crippen LogP contribution < -0.4 is 10.2 Å². The van der Waals surface area contributed by atoms with Crippen LogP contribution >= 0.6 is 11.6 Å². The van der Waals surface area contributed by atoms with Crippen LogP contribution in [0.2, 0.25) is 5.02 Å². The van der Waals surface area contributed by atoms with Gasteiger partial charge in [-0.3, -0.25) is 29.4 Å². The number of rotatable bonds is 2. The van der Waals surface area contributed by atoms with Crippen molar-refractivity contribution in [2.45, 2.75) is 31.3 Å². The van der Waals surface area contributed by atoms with Crippen LogP contribution in [0.25, 0.3) is 0 Å². The van der Waals surface area contributed by atoms with E-state index in [0.717, 1.165) is 11.3 Å². The minimum absolute atomic E-state index is 0.154. The highest BCUT2D eigenvalue weighted by Crippen LogP contribution is 2.61. The minimum Gasteiger partial charge on any atom is -0.324 e. The molecule has 3 saturated heterocycles. The third kappa shape index (κ3) is 2.38. The summed E-state index contributed by atoms with van der Waals surface area (Å²) in [7, 11) is 0. The van der Waals surface area contributed by atoms with Crippen molar-refractivity contribution in [1.29, 1.82) is 0 Å². The van der Waals surface area contributed by atoms with Crippen LogP contribution in [0.5, 0.6) is 0 Å². The second-order valence-electron chi connectivity index (χ2n) is 9.06. The topological polar surface area (TPSA) is 113 Å². The van der Waals surface area contributed by atoms with E-state index in [1.807, 2.05) is 4.90 Å². The highest BCUT2D eigenvalue weighted by atomic mass is 35.5. The third-order valence-corrected chi connectivity index (χ3v) is 7.84. The molecule has 4 atom stereocenters. The Hall–Kier alpha value is -3.30. The quantitative estimate of drug-likeness (QED) is 0.413. The van der Waals surface area contributed by atoms with Crippen LogP contribution in [-0.4, -0.2) is 40.1 Å². The molecule has 1 spiro atoms. The lowest BCUT2D eigenvalue weighted by Crippen LogP contribution is -2.54. The molecule has 168 valence electrons. The average Bonchev–Trinajstić information content (AvgIpc) is 3.47. The minimum atomic E-state index is -1.33. The van der Waals surface area contributed by atoms with Crippen molar-refractivity contribution < 1.29 is 19.3 Å². The number of carbonyl (C=O) groups is 3. The van der Waals surface area contributed by atoms with E-state index in [-0.39, 0.29) is 23.3 Å². The summed E-state index contributed by atoms with van der Waals surface area (Å²) in [6.45, 7) is 2.19. The van der Waals surface area contributed by atoms with E-state index in [0.29, 0.717) is 34.8 Å². The summed E-state index contributed by atoms with van der Waals surface area (Å²) >= 11 is 6.29. The Labute approximate surface area is 193 Å². The van der Waals surface area contributed by atoms with Crippen LogP contribution in [0.4, 0.5) is 17.1 Å². The summed E-state index contributed by atoms with van der Waals surface area (Å²) < 4.78 is 0. The summed E-state index contributed by atoms with van der Waals surface area (Å²) in [5.41, 5.74) is 0.279. The van der Waals surface area contributed by atoms with Gasteiger partial charge in [0.05, 0.1) is 22.4 Å². The molecule has 9 nitrogen and oxygen atoms in total. The molecule has 0 radical (unpaired) electrons. The van der Waals surface area contributed by atoms with Crippen molar-refractivity contribution in [3.63, 3.8) is 0 Å². The Morgan fingerprint density at radius 3 is 2.70 bits per heavy atom. The predicted molar refractivity (Wildman–Crippen MR) is 119 cm³/mol. The molecule has 33 heavy (non-hydrogen) atoms. The van der Waals surface area contributed by atoms with Crippen molar-refractivity contribution in [2.75, 3.05) is 16.8 Å². The van der Waals surface area contributed by atoms with E-state index in [9.17, 15) is 24.5 Å². The molecule has 1 N–H and O–H groups in total. The number of amides is 3. The monoisotopic (exact) mass is 466 g/mol. The molecular weight excluding hydrogens is 448 g/mol. The fourth-order valence-electron chi connectivity index (χ4n) is 6.36. The largest absolute Gasteiger partial charge is 0.324 e. The van der Waals surface area contributed by atoms with Gasteiger partial charge in [-0.05, 0) is 50.6 Å². The number of benzene rings is 2. The number of halogens is 1. The molecule has 6 rings (SSSR count). The maximum Gasteiger partial charge on any atom is 0.274 e. The van der Waals surface area contributed by atoms with Crippen molar-refractivity contribution in [1.82, 2.24) is 4.90 Å². The maximum absolute atomic E-state index is 13.9. The number of carbonyl (C=O) groups excluding carboxylic acids is 3. The molecule has 0 saturated carbocycles. The van der Waals surface area contributed by atoms with Crippen molar-refractivity contribution >= 4 is 46.4 Å². The second kappa shape index (κ2) is 6.61. The first-order valence-electron chi connectivity index (χ1n) is 10.8. The number of nitro benzene ring substituents is 1. The molecule has 2 aromatic rings. The summed E-state index contributed by atoms with van der Waals surface area (Å²) in [5, 5.41) is 14.8. The van der Waals surface area contributed by atoms with Gasteiger partial charge in [-0.15, -0.1) is 0 Å². The number of nitrogens with one attached hydrogen (secondary N) is 1. The molecule has 4 heterocycles. The zero-order chi connectivity index (χ0) is 23.2. The van der Waals surface area contributed by atoms with Gasteiger partial charge >= 0.3 is 0 Å². The predicted octanol–water partition coefficient (Wildman–Crippen LogP) is 2.99. The zero-order valence-corrected chi connectivity index (χ0v) is 18.3. The fraction of sp³-hybridized carbons (Fsp3) is 0.348. The van der Waals surface area contributed by atoms with E-state index in [4.69, 9.17) is 11.6 Å². The molecule has 4 aliphatic rings. The van der Waals surface area contributed by atoms with E-state index in [2.05, 4.69) is 5.32 Å². The Morgan fingerprint density at radius 2 is 1.94 bits per heavy atom. The van der Waals surface area contributed by atoms with E-state index < -0.39 is 34.1 Å². The first-order chi connectivity index (χ1) is 15.8. The number of imide groups is 1. The molecule has 0 aromatic heterocycles.